The number of ketones is 1. The zero-order valence-electron chi connectivity index (χ0n) is 12.3. The van der Waals surface area contributed by atoms with Gasteiger partial charge in [0.1, 0.15) is 5.75 Å². The minimum Gasteiger partial charge on any atom is -0.496 e. The molecule has 0 aromatic carbocycles. The van der Waals surface area contributed by atoms with Gasteiger partial charge in [0.05, 0.1) is 24.6 Å². The molecule has 0 radical (unpaired) electrons. The molecule has 0 spiro atoms. The van der Waals surface area contributed by atoms with E-state index in [1.807, 2.05) is 0 Å². The molecule has 23 heavy (non-hydrogen) atoms. The fraction of sp³-hybridized carbons (Fsp3) is 0.0625. The first-order valence-corrected chi connectivity index (χ1v) is 6.76. The molecule has 0 fully saturated rings. The van der Waals surface area contributed by atoms with Crippen LogP contribution in [0.25, 0.3) is 11.3 Å². The van der Waals surface area contributed by atoms with Crippen molar-refractivity contribution in [2.45, 2.75) is 0 Å². The van der Waals surface area contributed by atoms with Crippen molar-refractivity contribution in [3.63, 3.8) is 0 Å². The summed E-state index contributed by atoms with van der Waals surface area (Å²) in [5.41, 5.74) is 7.36. The number of carbonyl (C=O) groups is 1. The van der Waals surface area contributed by atoms with E-state index in [0.29, 0.717) is 22.6 Å². The van der Waals surface area contributed by atoms with Gasteiger partial charge in [-0.25, -0.2) is 9.97 Å². The molecule has 0 aliphatic carbocycles. The molecular formula is C16H13N5O2. The predicted octanol–water partition coefficient (Wildman–Crippen LogP) is 1.76. The summed E-state index contributed by atoms with van der Waals surface area (Å²) in [7, 11) is 1.55. The Morgan fingerprint density at radius 1 is 1.13 bits per heavy atom. The van der Waals surface area contributed by atoms with Gasteiger partial charge in [-0.15, -0.1) is 0 Å². The monoisotopic (exact) mass is 307 g/mol. The topological polar surface area (TPSA) is 104 Å². The maximum Gasteiger partial charge on any atom is 0.216 e. The van der Waals surface area contributed by atoms with Crippen molar-refractivity contribution in [3.05, 3.63) is 60.4 Å². The molecule has 0 unspecified atom stereocenters. The van der Waals surface area contributed by atoms with Gasteiger partial charge in [0.25, 0.3) is 0 Å². The molecule has 0 atom stereocenters. The molecule has 7 nitrogen and oxygen atoms in total. The molecule has 0 bridgehead atoms. The SMILES string of the molecule is COc1ccncc1-c1cnc(N)c(C(=O)c2cccnc2)n1. The van der Waals surface area contributed by atoms with Crippen LogP contribution in [0.4, 0.5) is 5.82 Å². The number of nitrogens with zero attached hydrogens (tertiary/aromatic N) is 4. The van der Waals surface area contributed by atoms with Crippen LogP contribution < -0.4 is 10.5 Å². The van der Waals surface area contributed by atoms with Crippen LogP contribution in [-0.2, 0) is 0 Å². The van der Waals surface area contributed by atoms with E-state index in [4.69, 9.17) is 10.5 Å². The third-order valence-corrected chi connectivity index (χ3v) is 3.22. The Morgan fingerprint density at radius 3 is 2.70 bits per heavy atom. The van der Waals surface area contributed by atoms with Crippen molar-refractivity contribution in [1.82, 2.24) is 19.9 Å². The lowest BCUT2D eigenvalue weighted by molar-refractivity contribution is 0.103. The highest BCUT2D eigenvalue weighted by atomic mass is 16.5. The van der Waals surface area contributed by atoms with Crippen molar-refractivity contribution in [3.8, 4) is 17.0 Å². The normalized spacial score (nSPS) is 10.3. The summed E-state index contributed by atoms with van der Waals surface area (Å²) in [5.74, 6) is 0.303. The third-order valence-electron chi connectivity index (χ3n) is 3.22. The number of anilines is 1. The second kappa shape index (κ2) is 6.18. The van der Waals surface area contributed by atoms with Crippen LogP contribution in [0, 0.1) is 0 Å². The van der Waals surface area contributed by atoms with Crippen LogP contribution in [0.5, 0.6) is 5.75 Å². The van der Waals surface area contributed by atoms with Gasteiger partial charge in [-0.2, -0.15) is 0 Å². The summed E-state index contributed by atoms with van der Waals surface area (Å²) >= 11 is 0. The Hall–Kier alpha value is -3.35. The van der Waals surface area contributed by atoms with Crippen molar-refractivity contribution in [2.24, 2.45) is 0 Å². The summed E-state index contributed by atoms with van der Waals surface area (Å²) in [5, 5.41) is 0. The number of hydrogen-bond donors (Lipinski definition) is 1. The lowest BCUT2D eigenvalue weighted by Crippen LogP contribution is -2.11. The quantitative estimate of drug-likeness (QED) is 0.732. The van der Waals surface area contributed by atoms with Gasteiger partial charge in [-0.3, -0.25) is 14.8 Å². The highest BCUT2D eigenvalue weighted by Gasteiger charge is 2.18. The molecule has 3 aromatic heterocycles. The van der Waals surface area contributed by atoms with E-state index in [-0.39, 0.29) is 17.3 Å². The van der Waals surface area contributed by atoms with Crippen molar-refractivity contribution < 1.29 is 9.53 Å². The number of pyridine rings is 2. The highest BCUT2D eigenvalue weighted by molar-refractivity contribution is 6.10. The Labute approximate surface area is 132 Å². The zero-order chi connectivity index (χ0) is 16.2. The summed E-state index contributed by atoms with van der Waals surface area (Å²) < 4.78 is 5.28. The van der Waals surface area contributed by atoms with E-state index in [9.17, 15) is 4.79 Å². The number of methoxy groups -OCH3 is 1. The molecule has 0 saturated carbocycles. The Balaban J connectivity index is 2.08. The van der Waals surface area contributed by atoms with Crippen LogP contribution in [0.2, 0.25) is 0 Å². The molecule has 0 amide bonds. The fourth-order valence-electron chi connectivity index (χ4n) is 2.08. The number of ether oxygens (including phenoxy) is 1. The number of rotatable bonds is 4. The molecule has 7 heteroatoms. The second-order valence-corrected chi connectivity index (χ2v) is 4.64. The first-order chi connectivity index (χ1) is 11.2. The maximum absolute atomic E-state index is 12.5. The molecule has 3 rings (SSSR count). The fourth-order valence-corrected chi connectivity index (χ4v) is 2.08. The van der Waals surface area contributed by atoms with Gasteiger partial charge in [0, 0.05) is 30.4 Å². The van der Waals surface area contributed by atoms with Gasteiger partial charge in [0.2, 0.25) is 5.78 Å². The summed E-state index contributed by atoms with van der Waals surface area (Å²) in [4.78, 5) is 28.9. The molecule has 3 aromatic rings. The zero-order valence-corrected chi connectivity index (χ0v) is 12.3. The number of carbonyl (C=O) groups excluding carboxylic acids is 1. The summed E-state index contributed by atoms with van der Waals surface area (Å²) in [6, 6.07) is 5.02. The first-order valence-electron chi connectivity index (χ1n) is 6.76. The predicted molar refractivity (Wildman–Crippen MR) is 83.9 cm³/mol. The molecule has 2 N–H and O–H groups in total. The standard InChI is InChI=1S/C16H13N5O2/c1-23-13-4-6-19-8-11(13)12-9-20-16(17)14(21-12)15(22)10-3-2-5-18-7-10/h2-9H,1H3,(H2,17,20). The molecular weight excluding hydrogens is 294 g/mol. The van der Waals surface area contributed by atoms with E-state index in [1.165, 1.54) is 12.4 Å². The lowest BCUT2D eigenvalue weighted by Gasteiger charge is -2.09. The van der Waals surface area contributed by atoms with Gasteiger partial charge < -0.3 is 10.5 Å². The van der Waals surface area contributed by atoms with Crippen LogP contribution in [0.1, 0.15) is 16.1 Å². The number of aromatic nitrogens is 4. The Morgan fingerprint density at radius 2 is 1.96 bits per heavy atom. The van der Waals surface area contributed by atoms with Gasteiger partial charge >= 0.3 is 0 Å². The van der Waals surface area contributed by atoms with Crippen molar-refractivity contribution >= 4 is 11.6 Å². The molecule has 0 aliphatic rings. The van der Waals surface area contributed by atoms with E-state index >= 15 is 0 Å². The van der Waals surface area contributed by atoms with E-state index < -0.39 is 0 Å². The average Bonchev–Trinajstić information content (AvgIpc) is 2.62. The maximum atomic E-state index is 12.5. The smallest absolute Gasteiger partial charge is 0.216 e. The van der Waals surface area contributed by atoms with Gasteiger partial charge in [-0.05, 0) is 18.2 Å². The van der Waals surface area contributed by atoms with Crippen molar-refractivity contribution in [1.29, 1.82) is 0 Å². The summed E-state index contributed by atoms with van der Waals surface area (Å²) in [6.45, 7) is 0. The lowest BCUT2D eigenvalue weighted by atomic mass is 10.1. The second-order valence-electron chi connectivity index (χ2n) is 4.64. The molecule has 114 valence electrons. The number of nitrogens with two attached hydrogens (primary N) is 1. The van der Waals surface area contributed by atoms with Crippen LogP contribution in [0.15, 0.2) is 49.2 Å². The van der Waals surface area contributed by atoms with E-state index in [0.717, 1.165) is 0 Å². The highest BCUT2D eigenvalue weighted by Crippen LogP contribution is 2.27. The third kappa shape index (κ3) is 2.84. The minimum atomic E-state index is -0.340. The van der Waals surface area contributed by atoms with Gasteiger partial charge in [0.15, 0.2) is 11.5 Å². The number of hydrogen-bond acceptors (Lipinski definition) is 7. The minimum absolute atomic E-state index is 0.0606. The molecule has 0 saturated heterocycles. The van der Waals surface area contributed by atoms with Crippen molar-refractivity contribution in [2.75, 3.05) is 12.8 Å². The molecule has 0 aliphatic heterocycles. The number of nitrogen functional groups attached to an aromatic ring is 1. The van der Waals surface area contributed by atoms with Crippen LogP contribution in [0.3, 0.4) is 0 Å². The first kappa shape index (κ1) is 14.6. The Kier molecular flexibility index (Phi) is 3.92. The van der Waals surface area contributed by atoms with Crippen LogP contribution >= 0.6 is 0 Å². The van der Waals surface area contributed by atoms with E-state index in [1.54, 1.807) is 43.9 Å². The largest absolute Gasteiger partial charge is 0.496 e. The molecule has 3 heterocycles. The van der Waals surface area contributed by atoms with E-state index in [2.05, 4.69) is 19.9 Å². The average molecular weight is 307 g/mol. The summed E-state index contributed by atoms with van der Waals surface area (Å²) in [6.07, 6.45) is 7.73. The van der Waals surface area contributed by atoms with Gasteiger partial charge in [-0.1, -0.05) is 0 Å². The Bertz CT molecular complexity index is 852. The van der Waals surface area contributed by atoms with Crippen LogP contribution in [-0.4, -0.2) is 32.8 Å².